The molecule has 5 rings (SSSR count). The minimum Gasteiger partial charge on any atom is -0.467 e. The molecule has 0 bridgehead atoms. The number of ether oxygens (including phenoxy) is 8. The summed E-state index contributed by atoms with van der Waals surface area (Å²) in [6.45, 7) is 12.9. The van der Waals surface area contributed by atoms with E-state index in [1.165, 1.54) is 13.8 Å². The molecule has 56 heavy (non-hydrogen) atoms. The van der Waals surface area contributed by atoms with E-state index in [4.69, 9.17) is 37.9 Å². The number of hydrogen-bond acceptors (Lipinski definition) is 15. The van der Waals surface area contributed by atoms with E-state index >= 15 is 0 Å². The lowest BCUT2D eigenvalue weighted by Crippen LogP contribution is -2.64. The number of methoxy groups -OCH3 is 1. The predicted molar refractivity (Wildman–Crippen MR) is 194 cm³/mol. The van der Waals surface area contributed by atoms with Crippen LogP contribution in [0.3, 0.4) is 0 Å². The first-order chi connectivity index (χ1) is 26.3. The summed E-state index contributed by atoms with van der Waals surface area (Å²) in [7, 11) is 1.08. The predicted octanol–water partition coefficient (Wildman–Crippen LogP) is 4.77. The summed E-state index contributed by atoms with van der Waals surface area (Å²) in [6, 6.07) is 0. The van der Waals surface area contributed by atoms with Crippen LogP contribution in [0.4, 0.5) is 0 Å². The second-order valence-corrected chi connectivity index (χ2v) is 17.2. The molecule has 4 aliphatic carbocycles. The van der Waals surface area contributed by atoms with Crippen molar-refractivity contribution in [1.82, 2.24) is 0 Å². The van der Waals surface area contributed by atoms with Gasteiger partial charge in [0.25, 0.3) is 0 Å². The second kappa shape index (κ2) is 17.4. The molecule has 0 aromatic rings. The van der Waals surface area contributed by atoms with Crippen molar-refractivity contribution in [3.8, 4) is 0 Å². The van der Waals surface area contributed by atoms with Crippen LogP contribution in [-0.2, 0) is 71.5 Å². The van der Waals surface area contributed by atoms with Crippen LogP contribution in [-0.4, -0.2) is 91.8 Å². The second-order valence-electron chi connectivity index (χ2n) is 17.2. The van der Waals surface area contributed by atoms with Crippen LogP contribution < -0.4 is 0 Å². The first kappa shape index (κ1) is 43.4. The molecule has 0 aromatic heterocycles. The van der Waals surface area contributed by atoms with Gasteiger partial charge in [-0.25, -0.2) is 4.79 Å². The minimum atomic E-state index is -1.71. The number of esters is 7. The smallest absolute Gasteiger partial charge is 0.339 e. The average Bonchev–Trinajstić information content (AvgIpc) is 3.47. The van der Waals surface area contributed by atoms with Gasteiger partial charge in [-0.05, 0) is 98.7 Å². The van der Waals surface area contributed by atoms with Gasteiger partial charge in [-0.3, -0.25) is 28.8 Å². The van der Waals surface area contributed by atoms with Crippen LogP contribution in [0, 0.1) is 46.3 Å². The third kappa shape index (κ3) is 8.87. The highest BCUT2D eigenvalue weighted by Gasteiger charge is 2.65. The van der Waals surface area contributed by atoms with Gasteiger partial charge in [-0.2, -0.15) is 0 Å². The zero-order chi connectivity index (χ0) is 41.3. The Morgan fingerprint density at radius 1 is 0.679 bits per heavy atom. The van der Waals surface area contributed by atoms with Gasteiger partial charge in [0.2, 0.25) is 12.4 Å². The topological polar surface area (TPSA) is 193 Å². The molecule has 1 aliphatic heterocycles. The van der Waals surface area contributed by atoms with Gasteiger partial charge in [0.05, 0.1) is 7.11 Å². The summed E-state index contributed by atoms with van der Waals surface area (Å²) >= 11 is 0. The van der Waals surface area contributed by atoms with E-state index in [0.29, 0.717) is 30.1 Å². The maximum atomic E-state index is 13.6. The van der Waals surface area contributed by atoms with Crippen LogP contribution in [0.25, 0.3) is 0 Å². The Morgan fingerprint density at radius 3 is 1.89 bits per heavy atom. The zero-order valence-corrected chi connectivity index (χ0v) is 34.2. The highest BCUT2D eigenvalue weighted by molar-refractivity contribution is 5.77. The van der Waals surface area contributed by atoms with Crippen molar-refractivity contribution in [3.05, 3.63) is 0 Å². The molecule has 1 saturated heterocycles. The molecule has 5 aliphatic rings. The summed E-state index contributed by atoms with van der Waals surface area (Å²) < 4.78 is 44.3. The Morgan fingerprint density at radius 2 is 1.29 bits per heavy atom. The first-order valence-corrected chi connectivity index (χ1v) is 20.1. The maximum absolute atomic E-state index is 13.6. The van der Waals surface area contributed by atoms with E-state index in [-0.39, 0.29) is 53.2 Å². The molecule has 0 amide bonds. The number of fused-ring (bicyclic) bond motifs is 5. The Balaban J connectivity index is 1.31. The quantitative estimate of drug-likeness (QED) is 0.205. The normalized spacial score (nSPS) is 39.2. The molecule has 5 fully saturated rings. The molecule has 0 N–H and O–H groups in total. The summed E-state index contributed by atoms with van der Waals surface area (Å²) in [5, 5.41) is 0. The molecule has 15 heteroatoms. The van der Waals surface area contributed by atoms with E-state index < -0.39 is 60.6 Å². The number of rotatable bonds is 11. The van der Waals surface area contributed by atoms with Crippen LogP contribution >= 0.6 is 0 Å². The summed E-state index contributed by atoms with van der Waals surface area (Å²) in [4.78, 5) is 87.1. The van der Waals surface area contributed by atoms with Gasteiger partial charge in [0.15, 0.2) is 18.3 Å². The lowest BCUT2D eigenvalue weighted by molar-refractivity contribution is -0.294. The fourth-order valence-corrected chi connectivity index (χ4v) is 11.7. The Labute approximate surface area is 328 Å². The standard InChI is InChI=1S/C41H60O15/c1-20(10-15-33(47)55-39-37(54-25(6)46)35(53-24(5)45)34(52-23(4)44)36(56-39)38(48)49-9)29-13-14-30-28-12-11-26-18-27(50-21(2)42)16-17-40(26,7)31(28)19-32(41(29,30)8)51-22(3)43/h20,26-32,34-37,39H,10-19H2,1-9H3/t20-,26-,27-,28+,29-,30+,31+,32+,34+,35+,36+,37-,39-,40+,41-/m1/s1. The molecular weight excluding hydrogens is 732 g/mol. The van der Waals surface area contributed by atoms with Crippen molar-refractivity contribution in [2.75, 3.05) is 7.11 Å². The largest absolute Gasteiger partial charge is 0.467 e. The zero-order valence-electron chi connectivity index (χ0n) is 34.2. The molecule has 0 radical (unpaired) electrons. The van der Waals surface area contributed by atoms with Gasteiger partial charge >= 0.3 is 41.8 Å². The molecule has 4 saturated carbocycles. The fourth-order valence-electron chi connectivity index (χ4n) is 11.7. The van der Waals surface area contributed by atoms with Gasteiger partial charge in [0.1, 0.15) is 12.2 Å². The van der Waals surface area contributed by atoms with Crippen LogP contribution in [0.5, 0.6) is 0 Å². The molecule has 15 nitrogen and oxygen atoms in total. The summed E-state index contributed by atoms with van der Waals surface area (Å²) in [6.07, 6.45) is -0.639. The Bertz CT molecular complexity index is 1530. The van der Waals surface area contributed by atoms with Gasteiger partial charge < -0.3 is 37.9 Å². The Hall–Kier alpha value is -3.75. The minimum absolute atomic E-state index is 0.0137. The monoisotopic (exact) mass is 792 g/mol. The van der Waals surface area contributed by atoms with E-state index in [9.17, 15) is 33.6 Å². The van der Waals surface area contributed by atoms with Gasteiger partial charge in [0, 0.05) is 46.5 Å². The van der Waals surface area contributed by atoms with Crippen molar-refractivity contribution in [2.45, 2.75) is 163 Å². The third-order valence-corrected chi connectivity index (χ3v) is 14.0. The molecule has 0 spiro atoms. The SMILES string of the molecule is COC(=O)[C@H]1O[C@@H](OC(=O)CC[C@@H](C)[C@H]2CC[C@H]3[C@@H]4CC[C@@H]5C[C@H](OC(C)=O)CC[C@]5(C)[C@H]4C[C@H](OC(C)=O)[C@]23C)[C@H](OC(C)=O)[C@@H](OC(C)=O)[C@@H]1OC(C)=O. The molecule has 15 atom stereocenters. The molecule has 0 unspecified atom stereocenters. The van der Waals surface area contributed by atoms with Crippen LogP contribution in [0.15, 0.2) is 0 Å². The van der Waals surface area contributed by atoms with Gasteiger partial charge in [-0.15, -0.1) is 0 Å². The van der Waals surface area contributed by atoms with Crippen molar-refractivity contribution < 1.29 is 71.5 Å². The number of hydrogen-bond donors (Lipinski definition) is 0. The van der Waals surface area contributed by atoms with E-state index in [0.717, 1.165) is 79.2 Å². The number of carbonyl (C=O) groups excluding carboxylic acids is 7. The number of carbonyl (C=O) groups is 7. The van der Waals surface area contributed by atoms with E-state index in [1.54, 1.807) is 0 Å². The highest BCUT2D eigenvalue weighted by atomic mass is 16.7. The lowest BCUT2D eigenvalue weighted by Gasteiger charge is -2.62. The molecule has 0 aromatic carbocycles. The third-order valence-electron chi connectivity index (χ3n) is 14.0. The van der Waals surface area contributed by atoms with Crippen molar-refractivity contribution >= 4 is 41.8 Å². The average molecular weight is 793 g/mol. The van der Waals surface area contributed by atoms with E-state index in [1.807, 2.05) is 0 Å². The molecule has 314 valence electrons. The maximum Gasteiger partial charge on any atom is 0.339 e. The highest BCUT2D eigenvalue weighted by Crippen LogP contribution is 2.69. The van der Waals surface area contributed by atoms with Crippen molar-refractivity contribution in [2.24, 2.45) is 46.3 Å². The summed E-state index contributed by atoms with van der Waals surface area (Å²) in [5.41, 5.74) is -0.268. The van der Waals surface area contributed by atoms with Crippen molar-refractivity contribution in [1.29, 1.82) is 0 Å². The first-order valence-electron chi connectivity index (χ1n) is 20.1. The summed E-state index contributed by atoms with van der Waals surface area (Å²) in [5.74, 6) is -3.03. The van der Waals surface area contributed by atoms with E-state index in [2.05, 4.69) is 20.8 Å². The van der Waals surface area contributed by atoms with Crippen molar-refractivity contribution in [3.63, 3.8) is 0 Å². The van der Waals surface area contributed by atoms with Crippen LogP contribution in [0.2, 0.25) is 0 Å². The lowest BCUT2D eigenvalue weighted by atomic mass is 9.43. The Kier molecular flexibility index (Phi) is 13.5. The molecular formula is C41H60O15. The van der Waals surface area contributed by atoms with Gasteiger partial charge in [-0.1, -0.05) is 20.8 Å². The molecule has 1 heterocycles. The fraction of sp³-hybridized carbons (Fsp3) is 0.829. The van der Waals surface area contributed by atoms with Crippen LogP contribution in [0.1, 0.15) is 120 Å².